The second-order valence-electron chi connectivity index (χ2n) is 5.01. The Hall–Kier alpha value is -0.370. The molecule has 0 aliphatic rings. The highest BCUT2D eigenvalue weighted by molar-refractivity contribution is 7.89. The Morgan fingerprint density at radius 2 is 1.95 bits per heavy atom. The van der Waals surface area contributed by atoms with Crippen LogP contribution in [0.4, 0.5) is 0 Å². The van der Waals surface area contributed by atoms with E-state index in [1.54, 1.807) is 0 Å². The van der Waals surface area contributed by atoms with Gasteiger partial charge < -0.3 is 10.0 Å². The van der Waals surface area contributed by atoms with E-state index in [0.29, 0.717) is 12.6 Å². The van der Waals surface area contributed by atoms with Crippen LogP contribution in [0.25, 0.3) is 0 Å². The molecule has 2 N–H and O–H groups in total. The fourth-order valence-corrected chi connectivity index (χ4v) is 3.56. The Kier molecular flexibility index (Phi) is 6.90. The van der Waals surface area contributed by atoms with Crippen molar-refractivity contribution in [3.8, 4) is 0 Å². The van der Waals surface area contributed by atoms with Gasteiger partial charge in [0.25, 0.3) is 0 Å². The fourth-order valence-electron chi connectivity index (χ4n) is 1.62. The SMILES string of the molecule is CC(C)N(C)CCNS(=O)(=O)c1cc(Cl)cc(CO)c1Cl. The second-order valence-corrected chi connectivity index (χ2v) is 7.56. The van der Waals surface area contributed by atoms with E-state index < -0.39 is 10.0 Å². The van der Waals surface area contributed by atoms with Crippen molar-refractivity contribution in [2.75, 3.05) is 20.1 Å². The molecule has 0 aliphatic carbocycles. The molecule has 1 aromatic rings. The summed E-state index contributed by atoms with van der Waals surface area (Å²) in [5.74, 6) is 0. The normalized spacial score (nSPS) is 12.4. The molecule has 1 rings (SSSR count). The first-order valence-electron chi connectivity index (χ1n) is 6.47. The number of hydrogen-bond donors (Lipinski definition) is 2. The minimum atomic E-state index is -3.77. The van der Waals surface area contributed by atoms with Crippen LogP contribution in [0.3, 0.4) is 0 Å². The molecule has 21 heavy (non-hydrogen) atoms. The van der Waals surface area contributed by atoms with Crippen LogP contribution in [-0.4, -0.2) is 44.6 Å². The van der Waals surface area contributed by atoms with Gasteiger partial charge in [0.2, 0.25) is 10.0 Å². The van der Waals surface area contributed by atoms with E-state index in [2.05, 4.69) is 4.72 Å². The minimum Gasteiger partial charge on any atom is -0.392 e. The number of aliphatic hydroxyl groups is 1. The van der Waals surface area contributed by atoms with Crippen LogP contribution in [0.5, 0.6) is 0 Å². The van der Waals surface area contributed by atoms with Crippen LogP contribution >= 0.6 is 23.2 Å². The summed E-state index contributed by atoms with van der Waals surface area (Å²) in [6.45, 7) is 4.50. The number of aliphatic hydroxyl groups excluding tert-OH is 1. The number of hydrogen-bond acceptors (Lipinski definition) is 4. The molecular formula is C13H20Cl2N2O3S. The molecule has 0 amide bonds. The van der Waals surface area contributed by atoms with Gasteiger partial charge in [0, 0.05) is 24.2 Å². The molecule has 1 aromatic carbocycles. The molecule has 0 unspecified atom stereocenters. The molecule has 0 aromatic heterocycles. The third-order valence-electron chi connectivity index (χ3n) is 3.18. The fraction of sp³-hybridized carbons (Fsp3) is 0.538. The summed E-state index contributed by atoms with van der Waals surface area (Å²) < 4.78 is 27.0. The molecule has 0 atom stereocenters. The van der Waals surface area contributed by atoms with E-state index in [0.717, 1.165) is 0 Å². The first kappa shape index (κ1) is 18.7. The van der Waals surface area contributed by atoms with Gasteiger partial charge in [0.15, 0.2) is 0 Å². The Morgan fingerprint density at radius 3 is 2.48 bits per heavy atom. The van der Waals surface area contributed by atoms with Gasteiger partial charge in [-0.15, -0.1) is 0 Å². The summed E-state index contributed by atoms with van der Waals surface area (Å²) >= 11 is 11.9. The summed E-state index contributed by atoms with van der Waals surface area (Å²) in [4.78, 5) is 1.90. The largest absolute Gasteiger partial charge is 0.392 e. The highest BCUT2D eigenvalue weighted by Crippen LogP contribution is 2.29. The van der Waals surface area contributed by atoms with Crippen molar-refractivity contribution in [3.63, 3.8) is 0 Å². The van der Waals surface area contributed by atoms with Gasteiger partial charge in [-0.3, -0.25) is 0 Å². The number of halogens is 2. The van der Waals surface area contributed by atoms with Crippen molar-refractivity contribution in [3.05, 3.63) is 27.7 Å². The van der Waals surface area contributed by atoms with E-state index in [4.69, 9.17) is 23.2 Å². The number of nitrogens with zero attached hydrogens (tertiary/aromatic N) is 1. The van der Waals surface area contributed by atoms with Crippen molar-refractivity contribution in [1.82, 2.24) is 9.62 Å². The zero-order valence-electron chi connectivity index (χ0n) is 12.2. The zero-order valence-corrected chi connectivity index (χ0v) is 14.6. The lowest BCUT2D eigenvalue weighted by Gasteiger charge is -2.21. The average molecular weight is 355 g/mol. The van der Waals surface area contributed by atoms with E-state index in [1.165, 1.54) is 12.1 Å². The summed E-state index contributed by atoms with van der Waals surface area (Å²) in [5.41, 5.74) is 0.281. The molecule has 0 bridgehead atoms. The molecule has 5 nitrogen and oxygen atoms in total. The van der Waals surface area contributed by atoms with Crippen LogP contribution in [0.1, 0.15) is 19.4 Å². The smallest absolute Gasteiger partial charge is 0.242 e. The van der Waals surface area contributed by atoms with E-state index in [1.807, 2.05) is 25.8 Å². The van der Waals surface area contributed by atoms with Gasteiger partial charge >= 0.3 is 0 Å². The minimum absolute atomic E-state index is 0.00776. The Bertz CT molecular complexity index is 591. The Labute approximate surface area is 135 Å². The summed E-state index contributed by atoms with van der Waals surface area (Å²) in [7, 11) is -1.86. The number of sulfonamides is 1. The monoisotopic (exact) mass is 354 g/mol. The van der Waals surface area contributed by atoms with Gasteiger partial charge in [-0.05, 0) is 38.6 Å². The van der Waals surface area contributed by atoms with Crippen LogP contribution in [0, 0.1) is 0 Å². The predicted molar refractivity (Wildman–Crippen MR) is 85.3 cm³/mol. The third kappa shape index (κ3) is 5.09. The highest BCUT2D eigenvalue weighted by atomic mass is 35.5. The van der Waals surface area contributed by atoms with Gasteiger partial charge in [-0.25, -0.2) is 13.1 Å². The van der Waals surface area contributed by atoms with Crippen molar-refractivity contribution in [2.45, 2.75) is 31.4 Å². The Morgan fingerprint density at radius 1 is 1.33 bits per heavy atom. The van der Waals surface area contributed by atoms with Gasteiger partial charge in [-0.1, -0.05) is 23.2 Å². The summed E-state index contributed by atoms with van der Waals surface area (Å²) in [6, 6.07) is 3.04. The molecule has 0 heterocycles. The number of benzene rings is 1. The van der Waals surface area contributed by atoms with Crippen molar-refractivity contribution in [1.29, 1.82) is 0 Å². The topological polar surface area (TPSA) is 69.6 Å². The quantitative estimate of drug-likeness (QED) is 0.786. The molecule has 0 spiro atoms. The van der Waals surface area contributed by atoms with Crippen LogP contribution in [0.15, 0.2) is 17.0 Å². The Balaban J connectivity index is 2.91. The lowest BCUT2D eigenvalue weighted by atomic mass is 10.2. The van der Waals surface area contributed by atoms with E-state index >= 15 is 0 Å². The zero-order chi connectivity index (χ0) is 16.2. The maximum atomic E-state index is 12.3. The van der Waals surface area contributed by atoms with Crippen LogP contribution in [-0.2, 0) is 16.6 Å². The molecule has 8 heteroatoms. The van der Waals surface area contributed by atoms with Crippen LogP contribution in [0.2, 0.25) is 10.0 Å². The van der Waals surface area contributed by atoms with E-state index in [9.17, 15) is 13.5 Å². The second kappa shape index (κ2) is 7.76. The molecular weight excluding hydrogens is 335 g/mol. The molecule has 0 fully saturated rings. The number of rotatable bonds is 7. The molecule has 0 saturated heterocycles. The number of nitrogens with one attached hydrogen (secondary N) is 1. The molecule has 0 radical (unpaired) electrons. The molecule has 0 saturated carbocycles. The molecule has 120 valence electrons. The van der Waals surface area contributed by atoms with Gasteiger partial charge in [0.1, 0.15) is 4.90 Å². The molecule has 0 aliphatic heterocycles. The standard InChI is InChI=1S/C13H20Cl2N2O3S/c1-9(2)17(3)5-4-16-21(19,20)12-7-11(14)6-10(8-18)13(12)15/h6-7,9,16,18H,4-5,8H2,1-3H3. The maximum Gasteiger partial charge on any atom is 0.242 e. The van der Waals surface area contributed by atoms with Crippen LogP contribution < -0.4 is 4.72 Å². The average Bonchev–Trinajstić information content (AvgIpc) is 2.40. The first-order chi connectivity index (χ1) is 9.69. The summed E-state index contributed by atoms with van der Waals surface area (Å²) in [5, 5.41) is 9.38. The third-order valence-corrected chi connectivity index (χ3v) is 5.44. The predicted octanol–water partition coefficient (Wildman–Crippen LogP) is 2.10. The lowest BCUT2D eigenvalue weighted by molar-refractivity contribution is 0.278. The van der Waals surface area contributed by atoms with Crippen molar-refractivity contribution >= 4 is 33.2 Å². The lowest BCUT2D eigenvalue weighted by Crippen LogP contribution is -2.36. The summed E-state index contributed by atoms with van der Waals surface area (Å²) in [6.07, 6.45) is 0. The van der Waals surface area contributed by atoms with Gasteiger partial charge in [0.05, 0.1) is 11.6 Å². The van der Waals surface area contributed by atoms with E-state index in [-0.39, 0.29) is 33.7 Å². The van der Waals surface area contributed by atoms with Crippen molar-refractivity contribution in [2.24, 2.45) is 0 Å². The van der Waals surface area contributed by atoms with Gasteiger partial charge in [-0.2, -0.15) is 0 Å². The van der Waals surface area contributed by atoms with Crippen molar-refractivity contribution < 1.29 is 13.5 Å². The number of likely N-dealkylation sites (N-methyl/N-ethyl adjacent to an activating group) is 1. The highest BCUT2D eigenvalue weighted by Gasteiger charge is 2.21. The maximum absolute atomic E-state index is 12.3. The first-order valence-corrected chi connectivity index (χ1v) is 8.71.